The molecule has 2 N–H and O–H groups in total. The highest BCUT2D eigenvalue weighted by atomic mass is 16.6. The number of rotatable bonds is 4. The second-order valence-corrected chi connectivity index (χ2v) is 7.90. The van der Waals surface area contributed by atoms with Crippen LogP contribution in [0.1, 0.15) is 17.2 Å². The summed E-state index contributed by atoms with van der Waals surface area (Å²) < 4.78 is 0. The van der Waals surface area contributed by atoms with Crippen molar-refractivity contribution in [3.05, 3.63) is 59.7 Å². The number of carbonyl (C=O) groups is 3. The lowest BCUT2D eigenvalue weighted by Gasteiger charge is -2.34. The van der Waals surface area contributed by atoms with Crippen LogP contribution in [0.15, 0.2) is 53.7 Å². The molecule has 1 fully saturated rings. The van der Waals surface area contributed by atoms with Gasteiger partial charge in [0.15, 0.2) is 6.10 Å². The molecule has 9 heteroatoms. The smallest absolute Gasteiger partial charge is 0.328 e. The zero-order valence-corrected chi connectivity index (χ0v) is 17.7. The lowest BCUT2D eigenvalue weighted by atomic mass is 9.70. The van der Waals surface area contributed by atoms with E-state index in [1.54, 1.807) is 24.3 Å². The Morgan fingerprint density at radius 1 is 0.806 bits per heavy atom. The number of carbonyl (C=O) groups excluding carboxylic acids is 3. The lowest BCUT2D eigenvalue weighted by molar-refractivity contribution is -0.146. The predicted octanol–water partition coefficient (Wildman–Crippen LogP) is 1.65. The van der Waals surface area contributed by atoms with Crippen molar-refractivity contribution in [3.8, 4) is 0 Å². The van der Waals surface area contributed by atoms with Crippen LogP contribution in [0.2, 0.25) is 0 Å². The van der Waals surface area contributed by atoms with Crippen molar-refractivity contribution in [1.29, 1.82) is 0 Å². The number of oxime groups is 1. The largest absolute Gasteiger partial charge is 0.385 e. The highest BCUT2D eigenvalue weighted by Crippen LogP contribution is 2.47. The molecule has 0 bridgehead atoms. The molecular formula is C22H23N5O4. The Balaban J connectivity index is 1.82. The molecule has 0 aromatic heterocycles. The summed E-state index contributed by atoms with van der Waals surface area (Å²) in [6.07, 6.45) is -1.03. The Hall–Kier alpha value is -3.88. The normalized spacial score (nSPS) is 19.4. The van der Waals surface area contributed by atoms with Gasteiger partial charge in [-0.25, -0.2) is 4.79 Å². The fourth-order valence-corrected chi connectivity index (χ4v) is 3.83. The zero-order chi connectivity index (χ0) is 22.3. The molecule has 0 aliphatic carbocycles. The second-order valence-electron chi connectivity index (χ2n) is 7.90. The van der Waals surface area contributed by atoms with Crippen molar-refractivity contribution in [2.45, 2.75) is 6.10 Å². The van der Waals surface area contributed by atoms with Crippen molar-refractivity contribution in [1.82, 2.24) is 10.6 Å². The van der Waals surface area contributed by atoms with Gasteiger partial charge in [-0.15, -0.1) is 0 Å². The van der Waals surface area contributed by atoms with Gasteiger partial charge in [-0.2, -0.15) is 0 Å². The lowest BCUT2D eigenvalue weighted by Crippen LogP contribution is -2.66. The zero-order valence-electron chi connectivity index (χ0n) is 17.7. The summed E-state index contributed by atoms with van der Waals surface area (Å²) in [4.78, 5) is 47.7. The van der Waals surface area contributed by atoms with Crippen molar-refractivity contribution < 1.29 is 19.2 Å². The number of nitrogens with one attached hydrogen (secondary N) is 2. The van der Waals surface area contributed by atoms with Crippen molar-refractivity contribution in [3.63, 3.8) is 0 Å². The summed E-state index contributed by atoms with van der Waals surface area (Å²) in [6, 6.07) is 13.7. The Morgan fingerprint density at radius 2 is 1.29 bits per heavy atom. The SMILES string of the molecule is CN(C)c1ccc(C2=NOC(c3ccc(N(C)C)cc3)C23C(=O)NC(=O)NC3=O)cc1. The topological polar surface area (TPSA) is 103 Å². The van der Waals surface area contributed by atoms with Crippen LogP contribution in [0.4, 0.5) is 16.2 Å². The monoisotopic (exact) mass is 421 g/mol. The summed E-state index contributed by atoms with van der Waals surface area (Å²) in [7, 11) is 7.64. The van der Waals surface area contributed by atoms with Gasteiger partial charge in [0.25, 0.3) is 11.8 Å². The molecule has 2 aliphatic heterocycles. The number of barbiturate groups is 1. The number of anilines is 2. The molecule has 1 saturated heterocycles. The van der Waals surface area contributed by atoms with Gasteiger partial charge < -0.3 is 14.6 Å². The first kappa shape index (κ1) is 20.4. The highest BCUT2D eigenvalue weighted by molar-refractivity contribution is 6.36. The molecule has 1 spiro atoms. The molecule has 2 heterocycles. The fraction of sp³-hybridized carbons (Fsp3) is 0.273. The average Bonchev–Trinajstić information content (AvgIpc) is 3.13. The number of benzene rings is 2. The van der Waals surface area contributed by atoms with Crippen molar-refractivity contribution >= 4 is 34.9 Å². The van der Waals surface area contributed by atoms with Crippen LogP contribution in [0, 0.1) is 5.41 Å². The van der Waals surface area contributed by atoms with Crippen LogP contribution >= 0.6 is 0 Å². The molecule has 0 radical (unpaired) electrons. The van der Waals surface area contributed by atoms with Crippen LogP contribution in [0.5, 0.6) is 0 Å². The number of hydrogen-bond donors (Lipinski definition) is 2. The van der Waals surface area contributed by atoms with Gasteiger partial charge in [0.2, 0.25) is 5.41 Å². The molecule has 2 aromatic rings. The predicted molar refractivity (Wildman–Crippen MR) is 116 cm³/mol. The summed E-state index contributed by atoms with van der Waals surface area (Å²) in [5, 5.41) is 8.59. The Morgan fingerprint density at radius 3 is 1.77 bits per heavy atom. The van der Waals surface area contributed by atoms with Gasteiger partial charge in [0.05, 0.1) is 0 Å². The van der Waals surface area contributed by atoms with Crippen LogP contribution in [-0.2, 0) is 14.4 Å². The summed E-state index contributed by atoms with van der Waals surface area (Å²) in [5.41, 5.74) is 1.35. The van der Waals surface area contributed by atoms with Crippen LogP contribution < -0.4 is 20.4 Å². The molecule has 4 rings (SSSR count). The van der Waals surface area contributed by atoms with Gasteiger partial charge in [-0.1, -0.05) is 29.4 Å². The van der Waals surface area contributed by atoms with E-state index in [2.05, 4.69) is 15.8 Å². The number of amides is 4. The average molecular weight is 421 g/mol. The van der Waals surface area contributed by atoms with Gasteiger partial charge in [0.1, 0.15) is 5.71 Å². The second kappa shape index (κ2) is 7.42. The van der Waals surface area contributed by atoms with Crippen LogP contribution in [-0.4, -0.2) is 51.7 Å². The minimum Gasteiger partial charge on any atom is -0.385 e. The first-order valence-corrected chi connectivity index (χ1v) is 9.71. The quantitative estimate of drug-likeness (QED) is 0.728. The summed E-state index contributed by atoms with van der Waals surface area (Å²) >= 11 is 0. The van der Waals surface area contributed by atoms with E-state index in [0.29, 0.717) is 11.1 Å². The summed E-state index contributed by atoms with van der Waals surface area (Å²) in [6.45, 7) is 0. The van der Waals surface area contributed by atoms with Gasteiger partial charge in [-0.05, 0) is 29.8 Å². The number of urea groups is 1. The minimum absolute atomic E-state index is 0.155. The molecule has 9 nitrogen and oxygen atoms in total. The molecule has 2 aromatic carbocycles. The minimum atomic E-state index is -1.84. The third-order valence-electron chi connectivity index (χ3n) is 5.56. The van der Waals surface area contributed by atoms with Gasteiger partial charge >= 0.3 is 6.03 Å². The third kappa shape index (κ3) is 3.18. The van der Waals surface area contributed by atoms with Crippen LogP contribution in [0.25, 0.3) is 0 Å². The van der Waals surface area contributed by atoms with E-state index in [9.17, 15) is 14.4 Å². The van der Waals surface area contributed by atoms with Gasteiger partial charge in [0, 0.05) is 45.1 Å². The molecule has 160 valence electrons. The molecular weight excluding hydrogens is 398 g/mol. The van der Waals surface area contributed by atoms with E-state index in [1.807, 2.05) is 62.3 Å². The molecule has 2 aliphatic rings. The maximum absolute atomic E-state index is 13.2. The maximum Gasteiger partial charge on any atom is 0.328 e. The molecule has 1 atom stereocenters. The highest BCUT2D eigenvalue weighted by Gasteiger charge is 2.65. The molecule has 0 saturated carbocycles. The van der Waals surface area contributed by atoms with E-state index in [1.165, 1.54) is 0 Å². The van der Waals surface area contributed by atoms with Gasteiger partial charge in [-0.3, -0.25) is 20.2 Å². The van der Waals surface area contributed by atoms with Crippen molar-refractivity contribution in [2.24, 2.45) is 10.6 Å². The molecule has 1 unspecified atom stereocenters. The fourth-order valence-electron chi connectivity index (χ4n) is 3.83. The Labute approximate surface area is 179 Å². The van der Waals surface area contributed by atoms with Crippen LogP contribution in [0.3, 0.4) is 0 Å². The summed E-state index contributed by atoms with van der Waals surface area (Å²) in [5.74, 6) is -1.54. The number of hydrogen-bond acceptors (Lipinski definition) is 7. The third-order valence-corrected chi connectivity index (χ3v) is 5.56. The van der Waals surface area contributed by atoms with E-state index >= 15 is 0 Å². The standard InChI is InChI=1S/C22H23N5O4/c1-26(2)15-9-5-13(6-10-15)17-22(19(28)23-21(30)24-20(22)29)18(31-25-17)14-7-11-16(12-8-14)27(3)4/h5-12,18H,1-4H3,(H2,23,24,28,29,30). The van der Waals surface area contributed by atoms with E-state index in [0.717, 1.165) is 11.4 Å². The molecule has 4 amide bonds. The first-order chi connectivity index (χ1) is 14.7. The maximum atomic E-state index is 13.2. The Bertz CT molecular complexity index is 1050. The van der Waals surface area contributed by atoms with Crippen molar-refractivity contribution in [2.75, 3.05) is 38.0 Å². The van der Waals surface area contributed by atoms with E-state index in [4.69, 9.17) is 4.84 Å². The van der Waals surface area contributed by atoms with E-state index < -0.39 is 29.4 Å². The number of nitrogens with zero attached hydrogens (tertiary/aromatic N) is 3. The number of imide groups is 2. The Kier molecular flexibility index (Phi) is 4.88. The van der Waals surface area contributed by atoms with E-state index in [-0.39, 0.29) is 5.71 Å². The first-order valence-electron chi connectivity index (χ1n) is 9.71. The molecule has 31 heavy (non-hydrogen) atoms.